The zero-order chi connectivity index (χ0) is 33.1. The number of nitrogens with one attached hydrogen (secondary N) is 1. The summed E-state index contributed by atoms with van der Waals surface area (Å²) in [6, 6.07) is 15.7. The second-order valence-corrected chi connectivity index (χ2v) is 12.2. The first kappa shape index (κ1) is 32.5. The highest BCUT2D eigenvalue weighted by atomic mass is 16.6. The van der Waals surface area contributed by atoms with E-state index in [-0.39, 0.29) is 38.6 Å². The molecule has 2 aromatic rings. The van der Waals surface area contributed by atoms with E-state index in [4.69, 9.17) is 9.47 Å². The zero-order valence-electron chi connectivity index (χ0n) is 26.8. The van der Waals surface area contributed by atoms with E-state index in [0.717, 1.165) is 18.8 Å². The summed E-state index contributed by atoms with van der Waals surface area (Å²) >= 11 is 0. The van der Waals surface area contributed by atoms with E-state index in [1.54, 1.807) is 17.1 Å². The Bertz CT molecular complexity index is 1540. The second-order valence-electron chi connectivity index (χ2n) is 12.2. The van der Waals surface area contributed by atoms with Gasteiger partial charge in [-0.3, -0.25) is 19.2 Å². The molecule has 11 nitrogen and oxygen atoms in total. The Morgan fingerprint density at radius 2 is 1.72 bits per heavy atom. The monoisotopic (exact) mass is 642 g/mol. The molecule has 2 saturated heterocycles. The minimum absolute atomic E-state index is 0.0607. The smallest absolute Gasteiger partial charge is 0.313 e. The summed E-state index contributed by atoms with van der Waals surface area (Å²) in [5.41, 5.74) is 0.931. The quantitative estimate of drug-likeness (QED) is 0.349. The normalized spacial score (nSPS) is 29.9. The minimum atomic E-state index is -1.41. The van der Waals surface area contributed by atoms with Crippen molar-refractivity contribution in [2.75, 3.05) is 49.1 Å². The summed E-state index contributed by atoms with van der Waals surface area (Å²) in [6.45, 7) is 5.60. The minimum Gasteiger partial charge on any atom is -0.455 e. The Kier molecular flexibility index (Phi) is 9.47. The average Bonchev–Trinajstić information content (AvgIpc) is 3.73. The molecule has 1 spiro atoms. The number of esters is 1. The molecule has 2 N–H and O–H groups in total. The Labute approximate surface area is 274 Å². The topological polar surface area (TPSA) is 129 Å². The summed E-state index contributed by atoms with van der Waals surface area (Å²) in [5.74, 6) is -3.70. The molecule has 4 aliphatic rings. The number of amides is 3. The van der Waals surface area contributed by atoms with E-state index >= 15 is 0 Å². The van der Waals surface area contributed by atoms with Gasteiger partial charge in [-0.2, -0.15) is 0 Å². The molecule has 0 unspecified atom stereocenters. The summed E-state index contributed by atoms with van der Waals surface area (Å²) in [7, 11) is 0. The molecule has 6 rings (SSSR count). The molecule has 0 saturated carbocycles. The molecule has 6 atom stereocenters. The number of β-amino-alcohol motifs (C(OH)–C–C–N with tert-alkyl or cyclic N) is 1. The van der Waals surface area contributed by atoms with Gasteiger partial charge in [-0.05, 0) is 50.1 Å². The van der Waals surface area contributed by atoms with Crippen LogP contribution in [0.25, 0.3) is 0 Å². The molecular formula is C36H42N4O7. The number of aliphatic hydroxyl groups excluding tert-OH is 1. The predicted octanol–water partition coefficient (Wildman–Crippen LogP) is 2.76. The third kappa shape index (κ3) is 5.94. The number of ether oxygens (including phenoxy) is 2. The van der Waals surface area contributed by atoms with Gasteiger partial charge in [0.2, 0.25) is 11.8 Å². The first-order valence-electron chi connectivity index (χ1n) is 16.4. The van der Waals surface area contributed by atoms with Crippen LogP contribution in [0.1, 0.15) is 38.4 Å². The fourth-order valence-electron chi connectivity index (χ4n) is 7.39. The third-order valence-corrected chi connectivity index (χ3v) is 9.68. The summed E-state index contributed by atoms with van der Waals surface area (Å²) in [6.07, 6.45) is 6.26. The first-order valence-corrected chi connectivity index (χ1v) is 16.4. The van der Waals surface area contributed by atoms with Crippen LogP contribution in [-0.4, -0.2) is 90.8 Å². The van der Waals surface area contributed by atoms with Crippen LogP contribution in [0.2, 0.25) is 0 Å². The van der Waals surface area contributed by atoms with E-state index in [1.807, 2.05) is 66.7 Å². The Morgan fingerprint density at radius 1 is 0.979 bits per heavy atom. The fraction of sp³-hybridized carbons (Fsp3) is 0.444. The number of cyclic esters (lactones) is 1. The van der Waals surface area contributed by atoms with Gasteiger partial charge in [0.25, 0.3) is 5.91 Å². The molecule has 4 aliphatic heterocycles. The second kappa shape index (κ2) is 13.7. The van der Waals surface area contributed by atoms with Crippen molar-refractivity contribution < 1.29 is 33.8 Å². The molecule has 2 fully saturated rings. The lowest BCUT2D eigenvalue weighted by Gasteiger charge is -2.35. The number of carbonyl (C=O) groups excluding carboxylic acids is 4. The number of likely N-dealkylation sites (tertiary alicyclic amines) is 1. The number of nitrogens with zero attached hydrogens (tertiary/aromatic N) is 3. The summed E-state index contributed by atoms with van der Waals surface area (Å²) < 4.78 is 12.5. The summed E-state index contributed by atoms with van der Waals surface area (Å²) in [5, 5.41) is 12.9. The van der Waals surface area contributed by atoms with Crippen LogP contribution in [0.5, 0.6) is 0 Å². The number of anilines is 2. The van der Waals surface area contributed by atoms with Crippen molar-refractivity contribution in [1.29, 1.82) is 0 Å². The average molecular weight is 643 g/mol. The maximum atomic E-state index is 14.8. The number of fused-ring (bicyclic) bond motifs is 2. The number of rotatable bonds is 7. The van der Waals surface area contributed by atoms with Crippen LogP contribution >= 0.6 is 0 Å². The van der Waals surface area contributed by atoms with Gasteiger partial charge in [-0.25, -0.2) is 0 Å². The van der Waals surface area contributed by atoms with Gasteiger partial charge >= 0.3 is 5.97 Å². The van der Waals surface area contributed by atoms with Gasteiger partial charge in [0.05, 0.1) is 25.2 Å². The lowest BCUT2D eigenvalue weighted by Crippen LogP contribution is -2.56. The molecule has 0 aromatic heterocycles. The Morgan fingerprint density at radius 3 is 2.43 bits per heavy atom. The van der Waals surface area contributed by atoms with Gasteiger partial charge < -0.3 is 34.6 Å². The van der Waals surface area contributed by atoms with E-state index in [9.17, 15) is 24.3 Å². The van der Waals surface area contributed by atoms with Crippen LogP contribution in [0.15, 0.2) is 78.9 Å². The van der Waals surface area contributed by atoms with Crippen LogP contribution in [0.3, 0.4) is 0 Å². The van der Waals surface area contributed by atoms with Crippen molar-refractivity contribution in [2.45, 2.75) is 50.5 Å². The number of benzene rings is 2. The Balaban J connectivity index is 1.40. The number of hydrogen-bond donors (Lipinski definition) is 2. The maximum absolute atomic E-state index is 14.8. The number of hydrogen-bond acceptors (Lipinski definition) is 8. The van der Waals surface area contributed by atoms with E-state index < -0.39 is 53.5 Å². The lowest BCUT2D eigenvalue weighted by molar-refractivity contribution is -0.159. The molecule has 248 valence electrons. The van der Waals surface area contributed by atoms with Crippen LogP contribution in [0, 0.1) is 11.8 Å². The highest BCUT2D eigenvalue weighted by Gasteiger charge is 2.73. The molecular weight excluding hydrogens is 600 g/mol. The molecule has 47 heavy (non-hydrogen) atoms. The van der Waals surface area contributed by atoms with Crippen molar-refractivity contribution in [3.63, 3.8) is 0 Å². The SMILES string of the molecule is CCN(CC)c1ccc(N2C/C=C\CCC(=O)NC[C@H](c3ccccc3)OC(=O)[C@@H]3[C@H]4C(=O)N(CCO)[C@H](C2=O)[C@]42C=C[C@H]3O2)cc1. The summed E-state index contributed by atoms with van der Waals surface area (Å²) in [4.78, 5) is 60.9. The van der Waals surface area contributed by atoms with Gasteiger partial charge in [0, 0.05) is 44.0 Å². The predicted molar refractivity (Wildman–Crippen MR) is 175 cm³/mol. The molecule has 3 amide bonds. The van der Waals surface area contributed by atoms with Gasteiger partial charge in [-0.1, -0.05) is 54.6 Å². The van der Waals surface area contributed by atoms with Crippen LogP contribution in [-0.2, 0) is 28.7 Å². The fourth-order valence-corrected chi connectivity index (χ4v) is 7.39. The molecule has 11 heteroatoms. The lowest BCUT2D eigenvalue weighted by atomic mass is 9.74. The largest absolute Gasteiger partial charge is 0.455 e. The standard InChI is InChI=1S/C36H42N4O7/c1-3-38(4-2)25-14-16-26(17-15-25)39-20-10-6-9-13-29(42)37-23-28(24-11-7-5-8-12-24)46-35(45)30-27-18-19-36(47-27)31(30)33(43)40(21-22-41)32(36)34(39)44/h5-8,10-12,14-19,27-28,30-32,41H,3-4,9,13,20-23H2,1-2H3,(H,37,42)/b10-6-/t27-,28-,30+,31+,32-,36+/m1/s1. The van der Waals surface area contributed by atoms with Gasteiger partial charge in [0.1, 0.15) is 23.7 Å². The molecule has 2 aromatic carbocycles. The maximum Gasteiger partial charge on any atom is 0.313 e. The molecule has 0 radical (unpaired) electrons. The third-order valence-electron chi connectivity index (χ3n) is 9.68. The van der Waals surface area contributed by atoms with E-state index in [2.05, 4.69) is 24.1 Å². The molecule has 0 aliphatic carbocycles. The van der Waals surface area contributed by atoms with E-state index in [1.165, 1.54) is 4.90 Å². The highest BCUT2D eigenvalue weighted by molar-refractivity contribution is 6.05. The zero-order valence-corrected chi connectivity index (χ0v) is 26.8. The van der Waals surface area contributed by atoms with Gasteiger partial charge in [-0.15, -0.1) is 0 Å². The number of carbonyl (C=O) groups is 4. The van der Waals surface area contributed by atoms with Crippen molar-refractivity contribution >= 4 is 35.1 Å². The molecule has 4 heterocycles. The van der Waals surface area contributed by atoms with Crippen LogP contribution in [0.4, 0.5) is 11.4 Å². The van der Waals surface area contributed by atoms with Crippen LogP contribution < -0.4 is 15.1 Å². The molecule has 5 bridgehead atoms. The van der Waals surface area contributed by atoms with Crippen molar-refractivity contribution in [3.05, 3.63) is 84.5 Å². The van der Waals surface area contributed by atoms with Crippen molar-refractivity contribution in [3.8, 4) is 0 Å². The van der Waals surface area contributed by atoms with E-state index in [0.29, 0.717) is 17.7 Å². The van der Waals surface area contributed by atoms with Crippen molar-refractivity contribution in [2.24, 2.45) is 11.8 Å². The number of aliphatic hydroxyl groups is 1. The van der Waals surface area contributed by atoms with Gasteiger partial charge in [0.15, 0.2) is 0 Å². The number of allylic oxidation sites excluding steroid dienone is 1. The Hall–Kier alpha value is -4.48. The highest BCUT2D eigenvalue weighted by Crippen LogP contribution is 2.56. The van der Waals surface area contributed by atoms with Crippen molar-refractivity contribution in [1.82, 2.24) is 10.2 Å². The first-order chi connectivity index (χ1) is 22.8.